The minimum absolute atomic E-state index is 0.0462. The second-order valence-corrected chi connectivity index (χ2v) is 7.48. The molecule has 1 amide bonds. The van der Waals surface area contributed by atoms with Crippen molar-refractivity contribution in [2.45, 2.75) is 39.2 Å². The molecule has 0 aliphatic carbocycles. The number of hydrogen-bond donors (Lipinski definition) is 1. The van der Waals surface area contributed by atoms with Crippen molar-refractivity contribution in [2.24, 2.45) is 0 Å². The van der Waals surface area contributed by atoms with E-state index in [0.29, 0.717) is 6.42 Å². The van der Waals surface area contributed by atoms with E-state index in [-0.39, 0.29) is 11.9 Å². The monoisotopic (exact) mass is 340 g/mol. The average Bonchev–Trinajstić information content (AvgIpc) is 3.25. The lowest BCUT2D eigenvalue weighted by molar-refractivity contribution is -0.131. The number of fused-ring (bicyclic) bond motifs is 1. The maximum absolute atomic E-state index is 12.7. The third-order valence-corrected chi connectivity index (χ3v) is 5.37. The van der Waals surface area contributed by atoms with Crippen LogP contribution in [0.5, 0.6) is 0 Å². The molecule has 6 heteroatoms. The highest BCUT2D eigenvalue weighted by atomic mass is 32.1. The van der Waals surface area contributed by atoms with Crippen molar-refractivity contribution >= 4 is 28.3 Å². The smallest absolute Gasteiger partial charge is 0.229 e. The molecule has 1 aliphatic rings. The number of thiazole rings is 1. The number of benzene rings is 1. The molecular weight excluding hydrogens is 320 g/mol. The molecule has 1 fully saturated rings. The summed E-state index contributed by atoms with van der Waals surface area (Å²) in [5.41, 5.74) is 4.08. The summed E-state index contributed by atoms with van der Waals surface area (Å²) in [4.78, 5) is 27.2. The summed E-state index contributed by atoms with van der Waals surface area (Å²) in [6.45, 7) is 4.83. The fourth-order valence-corrected chi connectivity index (χ4v) is 4.01. The molecule has 0 bridgehead atoms. The number of carbonyl (C=O) groups excluding carboxylic acids is 1. The van der Waals surface area contributed by atoms with Gasteiger partial charge in [-0.3, -0.25) is 4.79 Å². The Labute approximate surface area is 144 Å². The molecule has 5 nitrogen and oxygen atoms in total. The maximum Gasteiger partial charge on any atom is 0.229 e. The van der Waals surface area contributed by atoms with E-state index < -0.39 is 0 Å². The molecule has 3 heterocycles. The quantitative estimate of drug-likeness (QED) is 0.793. The molecule has 1 N–H and O–H groups in total. The number of likely N-dealkylation sites (tertiary alicyclic amines) is 1. The van der Waals surface area contributed by atoms with Crippen LogP contribution in [0.1, 0.15) is 41.0 Å². The van der Waals surface area contributed by atoms with Crippen molar-refractivity contribution in [3.05, 3.63) is 45.7 Å². The summed E-state index contributed by atoms with van der Waals surface area (Å²) < 4.78 is 0. The largest absolute Gasteiger partial charge is 0.340 e. The van der Waals surface area contributed by atoms with Gasteiger partial charge >= 0.3 is 0 Å². The number of hydrogen-bond acceptors (Lipinski definition) is 4. The van der Waals surface area contributed by atoms with E-state index in [1.54, 1.807) is 11.3 Å². The average molecular weight is 340 g/mol. The summed E-state index contributed by atoms with van der Waals surface area (Å²) in [5, 5.41) is 2.98. The minimum Gasteiger partial charge on any atom is -0.340 e. The number of imidazole rings is 1. The predicted octanol–water partition coefficient (Wildman–Crippen LogP) is 3.54. The fourth-order valence-electron chi connectivity index (χ4n) is 3.40. The Morgan fingerprint density at radius 3 is 3.04 bits per heavy atom. The van der Waals surface area contributed by atoms with Crippen molar-refractivity contribution in [2.75, 3.05) is 6.54 Å². The second-order valence-electron chi connectivity index (χ2n) is 6.42. The molecule has 0 unspecified atom stereocenters. The number of H-pyrrole nitrogens is 1. The second kappa shape index (κ2) is 6.02. The Hall–Kier alpha value is -2.21. The predicted molar refractivity (Wildman–Crippen MR) is 95.1 cm³/mol. The van der Waals surface area contributed by atoms with Crippen LogP contribution in [0, 0.1) is 13.8 Å². The van der Waals surface area contributed by atoms with Crippen molar-refractivity contribution < 1.29 is 4.79 Å². The van der Waals surface area contributed by atoms with E-state index in [1.807, 2.05) is 23.3 Å². The molecule has 24 heavy (non-hydrogen) atoms. The van der Waals surface area contributed by atoms with Crippen LogP contribution in [0.25, 0.3) is 11.0 Å². The third-order valence-electron chi connectivity index (χ3n) is 4.54. The zero-order valence-corrected chi connectivity index (χ0v) is 14.7. The number of aromatic nitrogens is 3. The molecule has 0 spiro atoms. The lowest BCUT2D eigenvalue weighted by Gasteiger charge is -2.22. The molecule has 3 aromatic rings. The van der Waals surface area contributed by atoms with Gasteiger partial charge in [-0.15, -0.1) is 11.3 Å². The Morgan fingerprint density at radius 2 is 2.25 bits per heavy atom. The lowest BCUT2D eigenvalue weighted by Crippen LogP contribution is -2.32. The highest BCUT2D eigenvalue weighted by Gasteiger charge is 2.32. The molecule has 2 aromatic heterocycles. The fraction of sp³-hybridized carbons (Fsp3) is 0.389. The summed E-state index contributed by atoms with van der Waals surface area (Å²) in [6.07, 6.45) is 2.35. The van der Waals surface area contributed by atoms with Crippen molar-refractivity contribution in [1.82, 2.24) is 19.9 Å². The summed E-state index contributed by atoms with van der Waals surface area (Å²) >= 11 is 1.59. The number of rotatable bonds is 3. The van der Waals surface area contributed by atoms with E-state index in [1.165, 1.54) is 5.56 Å². The van der Waals surface area contributed by atoms with Crippen LogP contribution in [-0.4, -0.2) is 32.3 Å². The Balaban J connectivity index is 1.58. The van der Waals surface area contributed by atoms with Crippen LogP contribution in [0.4, 0.5) is 0 Å². The molecule has 1 aromatic carbocycles. The molecule has 0 radical (unpaired) electrons. The van der Waals surface area contributed by atoms with Gasteiger partial charge in [-0.25, -0.2) is 9.97 Å². The number of aryl methyl sites for hydroxylation is 2. The van der Waals surface area contributed by atoms with Gasteiger partial charge in [0.15, 0.2) is 0 Å². The SMILES string of the molecule is Cc1ccc2nc([C@@H]3CCCN3C(=O)Cc3csc(C)n3)[nH]c2c1. The number of aromatic amines is 1. The van der Waals surface area contributed by atoms with Crippen molar-refractivity contribution in [3.8, 4) is 0 Å². The van der Waals surface area contributed by atoms with Gasteiger partial charge in [0.05, 0.1) is 34.2 Å². The minimum atomic E-state index is 0.0462. The number of nitrogens with zero attached hydrogens (tertiary/aromatic N) is 3. The molecule has 1 atom stereocenters. The van der Waals surface area contributed by atoms with E-state index in [4.69, 9.17) is 4.98 Å². The van der Waals surface area contributed by atoms with Gasteiger partial charge in [-0.1, -0.05) is 6.07 Å². The first-order chi connectivity index (χ1) is 11.6. The lowest BCUT2D eigenvalue weighted by atomic mass is 10.2. The van der Waals surface area contributed by atoms with Crippen LogP contribution in [-0.2, 0) is 11.2 Å². The van der Waals surface area contributed by atoms with Gasteiger partial charge < -0.3 is 9.88 Å². The van der Waals surface area contributed by atoms with Gasteiger partial charge in [-0.2, -0.15) is 0 Å². The van der Waals surface area contributed by atoms with Crippen LogP contribution < -0.4 is 0 Å². The molecule has 124 valence electrons. The number of nitrogens with one attached hydrogen (secondary N) is 1. The van der Waals surface area contributed by atoms with E-state index in [9.17, 15) is 4.79 Å². The Bertz CT molecular complexity index is 897. The first kappa shape index (κ1) is 15.3. The standard InChI is InChI=1S/C18H20N4OS/c1-11-5-6-14-15(8-11)21-18(20-14)16-4-3-7-22(16)17(23)9-13-10-24-12(2)19-13/h5-6,8,10,16H,3-4,7,9H2,1-2H3,(H,20,21)/t16-/m0/s1. The molecule has 1 aliphatic heterocycles. The van der Waals surface area contributed by atoms with E-state index >= 15 is 0 Å². The normalized spacial score (nSPS) is 17.8. The molecular formula is C18H20N4OS. The highest BCUT2D eigenvalue weighted by molar-refractivity contribution is 7.09. The summed E-state index contributed by atoms with van der Waals surface area (Å²) in [6, 6.07) is 6.24. The number of carbonyl (C=O) groups is 1. The van der Waals surface area contributed by atoms with Gasteiger partial charge in [0.25, 0.3) is 0 Å². The van der Waals surface area contributed by atoms with Gasteiger partial charge in [0.2, 0.25) is 5.91 Å². The van der Waals surface area contributed by atoms with Crippen LogP contribution in [0.15, 0.2) is 23.6 Å². The van der Waals surface area contributed by atoms with Gasteiger partial charge in [-0.05, 0) is 44.4 Å². The van der Waals surface area contributed by atoms with Crippen molar-refractivity contribution in [3.63, 3.8) is 0 Å². The molecule has 1 saturated heterocycles. The topological polar surface area (TPSA) is 61.9 Å². The zero-order chi connectivity index (χ0) is 16.7. The third kappa shape index (κ3) is 2.82. The number of amides is 1. The molecule has 0 saturated carbocycles. The summed E-state index contributed by atoms with van der Waals surface area (Å²) in [5.74, 6) is 1.04. The summed E-state index contributed by atoms with van der Waals surface area (Å²) in [7, 11) is 0. The Kier molecular flexibility index (Phi) is 3.84. The van der Waals surface area contributed by atoms with E-state index in [2.05, 4.69) is 29.0 Å². The Morgan fingerprint density at radius 1 is 1.38 bits per heavy atom. The van der Waals surface area contributed by atoms with E-state index in [0.717, 1.165) is 46.9 Å². The first-order valence-electron chi connectivity index (χ1n) is 8.27. The highest BCUT2D eigenvalue weighted by Crippen LogP contribution is 2.32. The molecule has 4 rings (SSSR count). The van der Waals surface area contributed by atoms with Crippen LogP contribution in [0.3, 0.4) is 0 Å². The van der Waals surface area contributed by atoms with Gasteiger partial charge in [0, 0.05) is 11.9 Å². The zero-order valence-electron chi connectivity index (χ0n) is 13.9. The van der Waals surface area contributed by atoms with Gasteiger partial charge in [0.1, 0.15) is 5.82 Å². The van der Waals surface area contributed by atoms with Crippen LogP contribution >= 0.6 is 11.3 Å². The van der Waals surface area contributed by atoms with Crippen LogP contribution in [0.2, 0.25) is 0 Å². The van der Waals surface area contributed by atoms with Crippen molar-refractivity contribution in [1.29, 1.82) is 0 Å². The maximum atomic E-state index is 12.7. The first-order valence-corrected chi connectivity index (χ1v) is 9.15.